The fraction of sp³-hybridized carbons (Fsp3) is 0.500. The number of rotatable bonds is 6. The maximum Gasteiger partial charge on any atom is 0.321 e. The molecular formula is C18H25N3O3. The Bertz CT molecular complexity index is 563. The lowest BCUT2D eigenvalue weighted by Crippen LogP contribution is -2.46. The topological polar surface area (TPSA) is 79.8 Å². The second kappa shape index (κ2) is 9.70. The quantitative estimate of drug-likeness (QED) is 0.621. The highest BCUT2D eigenvalue weighted by atomic mass is 16.6. The van der Waals surface area contributed by atoms with Crippen LogP contribution in [-0.4, -0.2) is 30.8 Å². The van der Waals surface area contributed by atoms with Crippen LogP contribution in [0.5, 0.6) is 0 Å². The van der Waals surface area contributed by atoms with Gasteiger partial charge in [-0.05, 0) is 30.4 Å². The maximum absolute atomic E-state index is 11.7. The summed E-state index contributed by atoms with van der Waals surface area (Å²) in [6, 6.07) is 7.60. The number of amides is 3. The Morgan fingerprint density at radius 1 is 1.21 bits per heavy atom. The number of urea groups is 1. The fourth-order valence-corrected chi connectivity index (χ4v) is 2.66. The molecule has 130 valence electrons. The van der Waals surface area contributed by atoms with Crippen molar-refractivity contribution in [2.24, 2.45) is 5.16 Å². The van der Waals surface area contributed by atoms with E-state index in [-0.39, 0.29) is 12.6 Å². The summed E-state index contributed by atoms with van der Waals surface area (Å²) < 4.78 is 0. The number of hydrogen-bond acceptors (Lipinski definition) is 4. The molecule has 6 heteroatoms. The van der Waals surface area contributed by atoms with Crippen molar-refractivity contribution >= 4 is 18.2 Å². The van der Waals surface area contributed by atoms with Gasteiger partial charge in [-0.1, -0.05) is 55.6 Å². The summed E-state index contributed by atoms with van der Waals surface area (Å²) in [4.78, 5) is 28.2. The van der Waals surface area contributed by atoms with Crippen LogP contribution in [0.1, 0.15) is 50.2 Å². The van der Waals surface area contributed by atoms with Crippen molar-refractivity contribution in [1.82, 2.24) is 10.6 Å². The van der Waals surface area contributed by atoms with Gasteiger partial charge >= 0.3 is 6.03 Å². The smallest absolute Gasteiger partial charge is 0.321 e. The Hall–Kier alpha value is -2.37. The lowest BCUT2D eigenvalue weighted by molar-refractivity contribution is -0.124. The molecule has 1 saturated carbocycles. The van der Waals surface area contributed by atoms with Gasteiger partial charge in [0.15, 0.2) is 6.61 Å². The van der Waals surface area contributed by atoms with E-state index in [1.165, 1.54) is 18.2 Å². The van der Waals surface area contributed by atoms with E-state index in [0.29, 0.717) is 0 Å². The van der Waals surface area contributed by atoms with Gasteiger partial charge in [-0.15, -0.1) is 0 Å². The zero-order valence-corrected chi connectivity index (χ0v) is 14.1. The van der Waals surface area contributed by atoms with Gasteiger partial charge < -0.3 is 10.2 Å². The highest BCUT2D eigenvalue weighted by molar-refractivity contribution is 5.95. The van der Waals surface area contributed by atoms with E-state index in [4.69, 9.17) is 4.84 Å². The number of benzene rings is 1. The molecule has 1 aromatic rings. The maximum atomic E-state index is 11.7. The van der Waals surface area contributed by atoms with E-state index in [1.54, 1.807) is 0 Å². The monoisotopic (exact) mass is 331 g/mol. The number of nitrogens with zero attached hydrogens (tertiary/aromatic N) is 1. The lowest BCUT2D eigenvalue weighted by atomic mass is 9.96. The van der Waals surface area contributed by atoms with Gasteiger partial charge in [0.25, 0.3) is 5.91 Å². The molecule has 0 aromatic heterocycles. The first-order valence-electron chi connectivity index (χ1n) is 8.52. The third-order valence-corrected chi connectivity index (χ3v) is 4.05. The van der Waals surface area contributed by atoms with Crippen LogP contribution in [0.3, 0.4) is 0 Å². The molecule has 2 rings (SSSR count). The summed E-state index contributed by atoms with van der Waals surface area (Å²) in [5.41, 5.74) is 2.14. The second-order valence-electron chi connectivity index (χ2n) is 5.96. The lowest BCUT2D eigenvalue weighted by Gasteiger charge is -2.22. The third-order valence-electron chi connectivity index (χ3n) is 4.05. The van der Waals surface area contributed by atoms with E-state index in [0.717, 1.165) is 37.7 Å². The molecule has 0 atom stereocenters. The highest BCUT2D eigenvalue weighted by Gasteiger charge is 2.16. The summed E-state index contributed by atoms with van der Waals surface area (Å²) in [6.07, 6.45) is 7.92. The second-order valence-corrected chi connectivity index (χ2v) is 5.96. The molecule has 1 aliphatic carbocycles. The average molecular weight is 331 g/mol. The number of carbonyl (C=O) groups is 2. The molecule has 0 aliphatic heterocycles. The largest absolute Gasteiger partial charge is 0.386 e. The zero-order chi connectivity index (χ0) is 17.2. The molecule has 0 unspecified atom stereocenters. The van der Waals surface area contributed by atoms with Crippen molar-refractivity contribution in [2.45, 2.75) is 51.5 Å². The summed E-state index contributed by atoms with van der Waals surface area (Å²) in [6.45, 7) is 1.80. The van der Waals surface area contributed by atoms with Crippen LogP contribution < -0.4 is 10.6 Å². The van der Waals surface area contributed by atoms with Gasteiger partial charge in [-0.2, -0.15) is 0 Å². The minimum Gasteiger partial charge on any atom is -0.386 e. The molecular weight excluding hydrogens is 306 g/mol. The molecule has 24 heavy (non-hydrogen) atoms. The van der Waals surface area contributed by atoms with E-state index >= 15 is 0 Å². The third kappa shape index (κ3) is 6.40. The van der Waals surface area contributed by atoms with Crippen LogP contribution in [0.2, 0.25) is 0 Å². The van der Waals surface area contributed by atoms with Crippen molar-refractivity contribution in [2.75, 3.05) is 6.61 Å². The Morgan fingerprint density at radius 2 is 1.92 bits per heavy atom. The number of oxime groups is 1. The first-order valence-corrected chi connectivity index (χ1v) is 8.52. The van der Waals surface area contributed by atoms with E-state index in [2.05, 4.69) is 22.7 Å². The standard InChI is InChI=1S/C18H25N3O3/c1-2-14-8-10-15(11-9-14)12-19-24-13-17(22)21-18(23)20-16-6-4-3-5-7-16/h8-12,16H,2-7,13H2,1H3,(H2,20,21,22,23)/b19-12-. The number of imide groups is 1. The molecule has 0 radical (unpaired) electrons. The van der Waals surface area contributed by atoms with Gasteiger partial charge in [0.1, 0.15) is 0 Å². The Labute approximate surface area is 142 Å². The first kappa shape index (κ1) is 18.0. The molecule has 0 spiro atoms. The van der Waals surface area contributed by atoms with E-state index < -0.39 is 11.9 Å². The fourth-order valence-electron chi connectivity index (χ4n) is 2.66. The first-order chi connectivity index (χ1) is 11.7. The van der Waals surface area contributed by atoms with Gasteiger partial charge in [0.05, 0.1) is 6.21 Å². The Morgan fingerprint density at radius 3 is 2.58 bits per heavy atom. The van der Waals surface area contributed by atoms with Crippen LogP contribution in [0.15, 0.2) is 29.4 Å². The molecule has 0 saturated heterocycles. The molecule has 6 nitrogen and oxygen atoms in total. The van der Waals surface area contributed by atoms with E-state index in [9.17, 15) is 9.59 Å². The van der Waals surface area contributed by atoms with Crippen molar-refractivity contribution in [3.8, 4) is 0 Å². The van der Waals surface area contributed by atoms with Crippen LogP contribution in [0.4, 0.5) is 4.79 Å². The molecule has 1 aliphatic rings. The molecule has 1 fully saturated rings. The van der Waals surface area contributed by atoms with Gasteiger partial charge in [-0.3, -0.25) is 10.1 Å². The summed E-state index contributed by atoms with van der Waals surface area (Å²) in [5, 5.41) is 8.81. The van der Waals surface area contributed by atoms with Crippen LogP contribution in [-0.2, 0) is 16.1 Å². The van der Waals surface area contributed by atoms with Crippen LogP contribution in [0, 0.1) is 0 Å². The minimum atomic E-state index is -0.512. The summed E-state index contributed by atoms with van der Waals surface area (Å²) >= 11 is 0. The Kier molecular flexibility index (Phi) is 7.26. The zero-order valence-electron chi connectivity index (χ0n) is 14.1. The Balaban J connectivity index is 1.64. The summed E-state index contributed by atoms with van der Waals surface area (Å²) in [7, 11) is 0. The molecule has 0 heterocycles. The molecule has 3 amide bonds. The van der Waals surface area contributed by atoms with Crippen LogP contribution in [0.25, 0.3) is 0 Å². The molecule has 1 aromatic carbocycles. The number of nitrogens with one attached hydrogen (secondary N) is 2. The van der Waals surface area contributed by atoms with Crippen molar-refractivity contribution in [3.05, 3.63) is 35.4 Å². The highest BCUT2D eigenvalue weighted by Crippen LogP contribution is 2.17. The minimum absolute atomic E-state index is 0.164. The van der Waals surface area contributed by atoms with Crippen molar-refractivity contribution in [3.63, 3.8) is 0 Å². The molecule has 2 N–H and O–H groups in total. The number of hydrogen-bond donors (Lipinski definition) is 2. The van der Waals surface area contributed by atoms with Crippen LogP contribution >= 0.6 is 0 Å². The molecule has 0 bridgehead atoms. The van der Waals surface area contributed by atoms with E-state index in [1.807, 2.05) is 24.3 Å². The van der Waals surface area contributed by atoms with Gasteiger partial charge in [-0.25, -0.2) is 4.79 Å². The van der Waals surface area contributed by atoms with Gasteiger partial charge in [0, 0.05) is 6.04 Å². The predicted molar refractivity (Wildman–Crippen MR) is 92.9 cm³/mol. The van der Waals surface area contributed by atoms with Crippen molar-refractivity contribution < 1.29 is 14.4 Å². The predicted octanol–water partition coefficient (Wildman–Crippen LogP) is 2.76. The number of aryl methyl sites for hydroxylation is 1. The van der Waals surface area contributed by atoms with Gasteiger partial charge in [0.2, 0.25) is 0 Å². The SMILES string of the molecule is CCc1ccc(/C=N\OCC(=O)NC(=O)NC2CCCCC2)cc1. The normalized spacial score (nSPS) is 15.2. The van der Waals surface area contributed by atoms with Crippen molar-refractivity contribution in [1.29, 1.82) is 0 Å². The number of carbonyl (C=O) groups excluding carboxylic acids is 2. The summed E-state index contributed by atoms with van der Waals surface area (Å²) in [5.74, 6) is -0.512. The average Bonchev–Trinajstić information content (AvgIpc) is 2.60.